The molecule has 0 aliphatic carbocycles. The highest BCUT2D eigenvalue weighted by Gasteiger charge is 2.46. The van der Waals surface area contributed by atoms with Gasteiger partial charge in [0.15, 0.2) is 17.2 Å². The Morgan fingerprint density at radius 2 is 1.73 bits per heavy atom. The van der Waals surface area contributed by atoms with Crippen molar-refractivity contribution in [1.82, 2.24) is 25.3 Å². The predicted octanol–water partition coefficient (Wildman–Crippen LogP) is 2.03. The van der Waals surface area contributed by atoms with Crippen LogP contribution in [0.4, 0.5) is 0 Å². The fraction of sp³-hybridized carbons (Fsp3) is 0.333. The molecule has 37 heavy (non-hydrogen) atoms. The molecule has 0 unspecified atom stereocenters. The molecule has 10 heteroatoms. The van der Waals surface area contributed by atoms with Gasteiger partial charge in [-0.05, 0) is 36.6 Å². The summed E-state index contributed by atoms with van der Waals surface area (Å²) in [5, 5.41) is 10.1. The van der Waals surface area contributed by atoms with Crippen molar-refractivity contribution in [3.63, 3.8) is 0 Å². The summed E-state index contributed by atoms with van der Waals surface area (Å²) < 4.78 is 12.0. The van der Waals surface area contributed by atoms with E-state index in [1.165, 1.54) is 15.6 Å². The zero-order valence-corrected chi connectivity index (χ0v) is 21.4. The molecule has 0 saturated carbocycles. The Hall–Kier alpha value is -4.34. The van der Waals surface area contributed by atoms with Crippen LogP contribution < -0.4 is 20.1 Å². The molecule has 1 aliphatic rings. The summed E-state index contributed by atoms with van der Waals surface area (Å²) in [7, 11) is 4.73. The van der Waals surface area contributed by atoms with Crippen molar-refractivity contribution in [2.24, 2.45) is 0 Å². The molecule has 194 valence electrons. The number of hydrogen-bond acceptors (Lipinski definition) is 6. The lowest BCUT2D eigenvalue weighted by Crippen LogP contribution is -2.62. The number of ether oxygens (including phenoxy) is 2. The molecule has 1 aliphatic heterocycles. The second-order valence-corrected chi connectivity index (χ2v) is 9.07. The molecule has 1 atom stereocenters. The van der Waals surface area contributed by atoms with Crippen LogP contribution in [0.2, 0.25) is 0 Å². The number of benzene rings is 2. The molecule has 0 saturated heterocycles. The maximum absolute atomic E-state index is 13.1. The average molecular weight is 506 g/mol. The van der Waals surface area contributed by atoms with E-state index in [0.29, 0.717) is 31.0 Å². The lowest BCUT2D eigenvalue weighted by molar-refractivity contribution is -0.132. The lowest BCUT2D eigenvalue weighted by Gasteiger charge is -2.40. The fourth-order valence-corrected chi connectivity index (χ4v) is 4.25. The molecule has 0 radical (unpaired) electrons. The van der Waals surface area contributed by atoms with Crippen molar-refractivity contribution in [2.45, 2.75) is 32.0 Å². The maximum atomic E-state index is 13.1. The zero-order valence-electron chi connectivity index (χ0n) is 21.4. The Morgan fingerprint density at radius 3 is 2.43 bits per heavy atom. The summed E-state index contributed by atoms with van der Waals surface area (Å²) in [5.41, 5.74) is 1.15. The fourth-order valence-electron chi connectivity index (χ4n) is 4.25. The molecule has 10 nitrogen and oxygen atoms in total. The van der Waals surface area contributed by atoms with E-state index in [9.17, 15) is 14.4 Å². The number of fused-ring (bicyclic) bond motifs is 1. The average Bonchev–Trinajstić information content (AvgIpc) is 3.34. The Morgan fingerprint density at radius 1 is 1.00 bits per heavy atom. The normalized spacial score (nSPS) is 16.6. The van der Waals surface area contributed by atoms with Crippen LogP contribution in [-0.2, 0) is 24.3 Å². The van der Waals surface area contributed by atoms with E-state index in [2.05, 4.69) is 15.7 Å². The first-order valence-electron chi connectivity index (χ1n) is 11.9. The monoisotopic (exact) mass is 505 g/mol. The predicted molar refractivity (Wildman–Crippen MR) is 137 cm³/mol. The van der Waals surface area contributed by atoms with Crippen LogP contribution in [0.25, 0.3) is 0 Å². The van der Waals surface area contributed by atoms with Gasteiger partial charge in [0.25, 0.3) is 11.8 Å². The third-order valence-corrected chi connectivity index (χ3v) is 6.67. The van der Waals surface area contributed by atoms with Crippen molar-refractivity contribution in [3.8, 4) is 11.5 Å². The summed E-state index contributed by atoms with van der Waals surface area (Å²) in [6.07, 6.45) is 0.570. The van der Waals surface area contributed by atoms with E-state index >= 15 is 0 Å². The molecular weight excluding hydrogens is 474 g/mol. The zero-order chi connectivity index (χ0) is 26.6. The Bertz CT molecular complexity index is 1310. The second-order valence-electron chi connectivity index (χ2n) is 9.07. The van der Waals surface area contributed by atoms with Crippen molar-refractivity contribution in [3.05, 3.63) is 77.1 Å². The Labute approximate surface area is 215 Å². The second kappa shape index (κ2) is 10.7. The van der Waals surface area contributed by atoms with Crippen LogP contribution in [0.15, 0.2) is 54.6 Å². The van der Waals surface area contributed by atoms with Gasteiger partial charge in [-0.15, -0.1) is 0 Å². The maximum Gasteiger partial charge on any atom is 0.272 e. The Kier molecular flexibility index (Phi) is 7.47. The lowest BCUT2D eigenvalue weighted by atomic mass is 9.96. The van der Waals surface area contributed by atoms with Gasteiger partial charge in [-0.25, -0.2) is 0 Å². The van der Waals surface area contributed by atoms with Crippen LogP contribution >= 0.6 is 0 Å². The summed E-state index contributed by atoms with van der Waals surface area (Å²) in [5.74, 6) is 0.184. The third kappa shape index (κ3) is 5.28. The minimum Gasteiger partial charge on any atom is -0.493 e. The van der Waals surface area contributed by atoms with Crippen LogP contribution in [-0.4, -0.2) is 65.8 Å². The molecular formula is C27H31N5O5. The van der Waals surface area contributed by atoms with E-state index in [4.69, 9.17) is 9.47 Å². The minimum absolute atomic E-state index is 0.123. The molecule has 1 aromatic heterocycles. The van der Waals surface area contributed by atoms with E-state index in [0.717, 1.165) is 11.1 Å². The number of nitrogens with one attached hydrogen (secondary N) is 2. The number of aromatic nitrogens is 2. The van der Waals surface area contributed by atoms with Crippen molar-refractivity contribution in [2.75, 3.05) is 27.8 Å². The molecule has 2 aromatic carbocycles. The summed E-state index contributed by atoms with van der Waals surface area (Å²) in [6, 6.07) is 16.6. The van der Waals surface area contributed by atoms with Gasteiger partial charge >= 0.3 is 0 Å². The summed E-state index contributed by atoms with van der Waals surface area (Å²) >= 11 is 0. The number of nitrogens with zero attached hydrogens (tertiary/aromatic N) is 3. The van der Waals surface area contributed by atoms with Crippen LogP contribution in [0, 0.1) is 0 Å². The largest absolute Gasteiger partial charge is 0.493 e. The first kappa shape index (κ1) is 25.7. The van der Waals surface area contributed by atoms with Crippen molar-refractivity contribution in [1.29, 1.82) is 0 Å². The highest BCUT2D eigenvalue weighted by atomic mass is 16.5. The number of hydrogen-bond donors (Lipinski definition) is 2. The number of likely N-dealkylation sites (N-methyl/N-ethyl adjacent to an activating group) is 1. The smallest absolute Gasteiger partial charge is 0.272 e. The number of amides is 3. The number of methoxy groups -OCH3 is 2. The first-order chi connectivity index (χ1) is 17.8. The minimum atomic E-state index is -1.16. The van der Waals surface area contributed by atoms with E-state index in [1.807, 2.05) is 48.5 Å². The molecule has 3 amide bonds. The molecule has 3 aromatic rings. The highest BCUT2D eigenvalue weighted by molar-refractivity contribution is 6.01. The number of rotatable bonds is 9. The summed E-state index contributed by atoms with van der Waals surface area (Å²) in [6.45, 7) is 2.53. The van der Waals surface area contributed by atoms with Gasteiger partial charge in [0, 0.05) is 26.2 Å². The van der Waals surface area contributed by atoms with Gasteiger partial charge in [-0.2, -0.15) is 5.10 Å². The van der Waals surface area contributed by atoms with Gasteiger partial charge in [0.2, 0.25) is 5.91 Å². The highest BCUT2D eigenvalue weighted by Crippen LogP contribution is 2.28. The van der Waals surface area contributed by atoms with Crippen molar-refractivity contribution >= 4 is 17.7 Å². The summed E-state index contributed by atoms with van der Waals surface area (Å²) in [4.78, 5) is 40.4. The van der Waals surface area contributed by atoms with Gasteiger partial charge in [-0.3, -0.25) is 19.1 Å². The molecule has 0 spiro atoms. The third-order valence-electron chi connectivity index (χ3n) is 6.67. The van der Waals surface area contributed by atoms with E-state index < -0.39 is 11.4 Å². The number of carbonyl (C=O) groups is 3. The van der Waals surface area contributed by atoms with Gasteiger partial charge in [-0.1, -0.05) is 36.4 Å². The van der Waals surface area contributed by atoms with E-state index in [-0.39, 0.29) is 29.7 Å². The quantitative estimate of drug-likeness (QED) is 0.460. The van der Waals surface area contributed by atoms with Crippen LogP contribution in [0.5, 0.6) is 11.5 Å². The molecule has 2 heterocycles. The van der Waals surface area contributed by atoms with Gasteiger partial charge < -0.3 is 25.0 Å². The molecule has 0 bridgehead atoms. The SMILES string of the molecule is COc1ccc(CCNC(=O)c2cc3n(n2)C[C@@](C)(C(=O)NCc2ccccc2)N(C)C3=O)cc1OC. The van der Waals surface area contributed by atoms with E-state index in [1.54, 1.807) is 28.2 Å². The number of carbonyl (C=O) groups excluding carboxylic acids is 3. The van der Waals surface area contributed by atoms with Crippen LogP contribution in [0.1, 0.15) is 39.0 Å². The molecule has 4 rings (SSSR count). The molecule has 2 N–H and O–H groups in total. The Balaban J connectivity index is 1.40. The van der Waals surface area contributed by atoms with Crippen LogP contribution in [0.3, 0.4) is 0 Å². The molecule has 0 fully saturated rings. The standard InChI is InChI=1S/C27H31N5O5/c1-27(26(35)29-16-19-8-6-5-7-9-19)17-32-21(25(34)31(27)2)15-20(30-32)24(33)28-13-12-18-10-11-22(36-3)23(14-18)37-4/h5-11,14-15H,12-13,16-17H2,1-4H3,(H,28,33)(H,29,35)/t27-/m0/s1. The van der Waals surface area contributed by atoms with Gasteiger partial charge in [0.05, 0.1) is 20.8 Å². The topological polar surface area (TPSA) is 115 Å². The van der Waals surface area contributed by atoms with Crippen molar-refractivity contribution < 1.29 is 23.9 Å². The first-order valence-corrected chi connectivity index (χ1v) is 11.9. The van der Waals surface area contributed by atoms with Gasteiger partial charge in [0.1, 0.15) is 11.2 Å².